The Kier molecular flexibility index (Phi) is 6.54. The quantitative estimate of drug-likeness (QED) is 0.556. The van der Waals surface area contributed by atoms with E-state index in [2.05, 4.69) is 4.98 Å². The van der Waals surface area contributed by atoms with Gasteiger partial charge in [0.25, 0.3) is 5.91 Å². The van der Waals surface area contributed by atoms with Gasteiger partial charge in [0.05, 0.1) is 12.1 Å². The molecule has 2 aliphatic rings. The minimum absolute atomic E-state index is 0.0377. The number of nitrogens with zero attached hydrogens (tertiary/aromatic N) is 2. The van der Waals surface area contributed by atoms with Crippen LogP contribution in [0.3, 0.4) is 0 Å². The average Bonchev–Trinajstić information content (AvgIpc) is 3.56. The second kappa shape index (κ2) is 8.99. The number of alkyl halides is 4. The third-order valence-corrected chi connectivity index (χ3v) is 7.75. The number of nitrogens with two attached hydrogens (primary N) is 1. The molecule has 4 rings (SSSR count). The first kappa shape index (κ1) is 26.9. The van der Waals surface area contributed by atoms with Crippen molar-refractivity contribution >= 4 is 21.7 Å². The number of primary amides is 1. The molecule has 2 heterocycles. The van der Waals surface area contributed by atoms with Gasteiger partial charge in [0.2, 0.25) is 5.91 Å². The fourth-order valence-corrected chi connectivity index (χ4v) is 5.66. The van der Waals surface area contributed by atoms with Gasteiger partial charge in [0, 0.05) is 30.4 Å². The SMILES string of the molecule is CS(=O)(=O)c1cc(C(=O)N2CC(F)C[C@@]2(C(N)=O)[C@@H](c2cc(F)c(C(F)(F)F)cc2F)C2CC2)ccn1. The van der Waals surface area contributed by atoms with Crippen LogP contribution in [0.15, 0.2) is 35.5 Å². The molecule has 2 fully saturated rings. The van der Waals surface area contributed by atoms with Gasteiger partial charge in [-0.3, -0.25) is 9.59 Å². The molecule has 3 atom stereocenters. The van der Waals surface area contributed by atoms with Gasteiger partial charge in [-0.2, -0.15) is 13.2 Å². The molecular weight excluding hydrogens is 528 g/mol. The van der Waals surface area contributed by atoms with Crippen LogP contribution in [0.4, 0.5) is 26.3 Å². The number of rotatable bonds is 6. The smallest absolute Gasteiger partial charge is 0.368 e. The maximum atomic E-state index is 15.1. The molecule has 0 bridgehead atoms. The van der Waals surface area contributed by atoms with Crippen LogP contribution in [0.1, 0.15) is 46.7 Å². The molecule has 0 radical (unpaired) electrons. The Morgan fingerprint density at radius 1 is 1.16 bits per heavy atom. The lowest BCUT2D eigenvalue weighted by Gasteiger charge is -2.42. The highest BCUT2D eigenvalue weighted by atomic mass is 32.2. The number of benzene rings is 1. The molecular formula is C23H21F6N3O4S. The van der Waals surface area contributed by atoms with Crippen molar-refractivity contribution in [1.82, 2.24) is 9.88 Å². The van der Waals surface area contributed by atoms with E-state index >= 15 is 4.39 Å². The third-order valence-electron chi connectivity index (χ3n) is 6.76. The molecule has 1 saturated heterocycles. The first-order chi connectivity index (χ1) is 17.1. The Hall–Kier alpha value is -3.16. The predicted molar refractivity (Wildman–Crippen MR) is 117 cm³/mol. The maximum Gasteiger partial charge on any atom is 0.419 e. The van der Waals surface area contributed by atoms with Gasteiger partial charge in [-0.25, -0.2) is 26.6 Å². The van der Waals surface area contributed by atoms with Crippen molar-refractivity contribution < 1.29 is 44.3 Å². The van der Waals surface area contributed by atoms with Crippen molar-refractivity contribution in [2.45, 2.75) is 48.1 Å². The summed E-state index contributed by atoms with van der Waals surface area (Å²) in [6.45, 7) is -0.688. The minimum Gasteiger partial charge on any atom is -0.368 e. The van der Waals surface area contributed by atoms with Crippen molar-refractivity contribution in [1.29, 1.82) is 0 Å². The van der Waals surface area contributed by atoms with Crippen LogP contribution in [0.2, 0.25) is 0 Å². The van der Waals surface area contributed by atoms with E-state index in [1.54, 1.807) is 0 Å². The Balaban J connectivity index is 1.88. The molecule has 37 heavy (non-hydrogen) atoms. The van der Waals surface area contributed by atoms with Crippen molar-refractivity contribution in [3.63, 3.8) is 0 Å². The van der Waals surface area contributed by atoms with Crippen LogP contribution in [-0.2, 0) is 20.8 Å². The number of likely N-dealkylation sites (tertiary alicyclic amines) is 1. The van der Waals surface area contributed by atoms with E-state index in [0.29, 0.717) is 18.9 Å². The normalized spacial score (nSPS) is 23.2. The van der Waals surface area contributed by atoms with E-state index in [1.807, 2.05) is 0 Å². The van der Waals surface area contributed by atoms with Gasteiger partial charge in [-0.05, 0) is 48.6 Å². The van der Waals surface area contributed by atoms with E-state index in [9.17, 15) is 40.0 Å². The molecule has 7 nitrogen and oxygen atoms in total. The summed E-state index contributed by atoms with van der Waals surface area (Å²) in [7, 11) is -3.86. The van der Waals surface area contributed by atoms with Crippen molar-refractivity contribution in [3.05, 3.63) is 58.8 Å². The zero-order valence-corrected chi connectivity index (χ0v) is 20.0. The molecule has 2 aromatic rings. The number of carbonyl (C=O) groups excluding carboxylic acids is 2. The predicted octanol–water partition coefficient (Wildman–Crippen LogP) is 3.38. The summed E-state index contributed by atoms with van der Waals surface area (Å²) in [5, 5.41) is -0.478. The van der Waals surface area contributed by atoms with E-state index in [1.165, 1.54) is 0 Å². The lowest BCUT2D eigenvalue weighted by atomic mass is 9.73. The topological polar surface area (TPSA) is 110 Å². The largest absolute Gasteiger partial charge is 0.419 e. The number of halogens is 6. The number of amides is 2. The van der Waals surface area contributed by atoms with Gasteiger partial charge in [-0.15, -0.1) is 0 Å². The Morgan fingerprint density at radius 2 is 1.81 bits per heavy atom. The van der Waals surface area contributed by atoms with Crippen LogP contribution < -0.4 is 5.73 Å². The fraction of sp³-hybridized carbons (Fsp3) is 0.435. The van der Waals surface area contributed by atoms with Gasteiger partial charge >= 0.3 is 6.18 Å². The second-order valence-electron chi connectivity index (χ2n) is 9.33. The van der Waals surface area contributed by atoms with Gasteiger partial charge < -0.3 is 10.6 Å². The molecule has 1 aliphatic carbocycles. The van der Waals surface area contributed by atoms with E-state index in [4.69, 9.17) is 5.73 Å². The highest BCUT2D eigenvalue weighted by Crippen LogP contribution is 2.55. The van der Waals surface area contributed by atoms with Crippen molar-refractivity contribution in [2.24, 2.45) is 11.7 Å². The third kappa shape index (κ3) is 4.78. The lowest BCUT2D eigenvalue weighted by Crippen LogP contribution is -2.60. The molecule has 1 aliphatic heterocycles. The summed E-state index contributed by atoms with van der Waals surface area (Å²) in [6.07, 6.45) is -5.20. The van der Waals surface area contributed by atoms with E-state index < -0.39 is 92.1 Å². The first-order valence-corrected chi connectivity index (χ1v) is 12.9. The van der Waals surface area contributed by atoms with Crippen molar-refractivity contribution in [3.8, 4) is 0 Å². The fourth-order valence-electron chi connectivity index (χ4n) is 5.07. The molecule has 2 N–H and O–H groups in total. The summed E-state index contributed by atoms with van der Waals surface area (Å²) in [5.74, 6) is -7.62. The number of aromatic nitrogens is 1. The summed E-state index contributed by atoms with van der Waals surface area (Å²) >= 11 is 0. The van der Waals surface area contributed by atoms with Gasteiger partial charge in [-0.1, -0.05) is 0 Å². The Morgan fingerprint density at radius 3 is 2.35 bits per heavy atom. The molecule has 2 amide bonds. The number of sulfone groups is 1. The maximum absolute atomic E-state index is 15.1. The number of hydrogen-bond donors (Lipinski definition) is 1. The van der Waals surface area contributed by atoms with Crippen LogP contribution in [-0.4, -0.2) is 54.6 Å². The zero-order valence-electron chi connectivity index (χ0n) is 19.2. The molecule has 1 saturated carbocycles. The van der Waals surface area contributed by atoms with Crippen LogP contribution in [0.25, 0.3) is 0 Å². The Labute approximate surface area is 207 Å². The lowest BCUT2D eigenvalue weighted by molar-refractivity contribution is -0.140. The molecule has 200 valence electrons. The first-order valence-electron chi connectivity index (χ1n) is 11.1. The second-order valence-corrected chi connectivity index (χ2v) is 11.3. The zero-order chi connectivity index (χ0) is 27.5. The number of pyridine rings is 1. The summed E-state index contributed by atoms with van der Waals surface area (Å²) in [5.41, 5.74) is 0.644. The minimum atomic E-state index is -5.20. The van der Waals surface area contributed by atoms with Crippen LogP contribution >= 0.6 is 0 Å². The molecule has 1 aromatic carbocycles. The highest BCUT2D eigenvalue weighted by Gasteiger charge is 2.61. The summed E-state index contributed by atoms with van der Waals surface area (Å²) in [6, 6.07) is 2.32. The van der Waals surface area contributed by atoms with E-state index in [-0.39, 0.29) is 11.6 Å². The van der Waals surface area contributed by atoms with Crippen LogP contribution in [0.5, 0.6) is 0 Å². The van der Waals surface area contributed by atoms with Crippen LogP contribution in [0, 0.1) is 17.6 Å². The van der Waals surface area contributed by atoms with E-state index in [0.717, 1.165) is 29.5 Å². The Bertz CT molecular complexity index is 1380. The summed E-state index contributed by atoms with van der Waals surface area (Å²) in [4.78, 5) is 30.9. The molecule has 14 heteroatoms. The average molecular weight is 549 g/mol. The number of carbonyl (C=O) groups is 2. The summed E-state index contributed by atoms with van der Waals surface area (Å²) < 4.78 is 108. The highest BCUT2D eigenvalue weighted by molar-refractivity contribution is 7.90. The van der Waals surface area contributed by atoms with Gasteiger partial charge in [0.15, 0.2) is 14.9 Å². The van der Waals surface area contributed by atoms with Crippen molar-refractivity contribution in [2.75, 3.05) is 12.8 Å². The van der Waals surface area contributed by atoms with Gasteiger partial charge in [0.1, 0.15) is 23.3 Å². The number of hydrogen-bond acceptors (Lipinski definition) is 5. The molecule has 1 unspecified atom stereocenters. The standard InChI is InChI=1S/C23H21F6N3O4S/c1-37(35,36)18-6-12(4-5-31-18)20(33)32-10-13(24)9-22(32,21(30)34)19(11-2-3-11)14-7-17(26)15(8-16(14)25)23(27,28)29/h4-8,11,13,19H,2-3,9-10H2,1H3,(H2,30,34)/t13?,19-,22+/m1/s1. The monoisotopic (exact) mass is 549 g/mol. The molecule has 0 spiro atoms. The molecule has 1 aromatic heterocycles.